The molecule has 0 aliphatic heterocycles. The highest BCUT2D eigenvalue weighted by Gasteiger charge is 2.47. The van der Waals surface area contributed by atoms with Gasteiger partial charge >= 0.3 is 0 Å². The molecule has 0 fully saturated rings. The molecule has 0 saturated carbocycles. The van der Waals surface area contributed by atoms with E-state index in [0.717, 1.165) is 22.9 Å². The Bertz CT molecular complexity index is 523. The fraction of sp³-hybridized carbons (Fsp3) is 0.706. The van der Waals surface area contributed by atoms with Gasteiger partial charge in [0.2, 0.25) is 0 Å². The van der Waals surface area contributed by atoms with Gasteiger partial charge in [-0.3, -0.25) is 4.79 Å². The number of carbonyl (C=O) groups is 1. The second kappa shape index (κ2) is 6.03. The van der Waals surface area contributed by atoms with Crippen LogP contribution in [0.1, 0.15) is 70.4 Å². The highest BCUT2D eigenvalue weighted by molar-refractivity contribution is 9.10. The lowest BCUT2D eigenvalue weighted by Gasteiger charge is -2.45. The van der Waals surface area contributed by atoms with Gasteiger partial charge in [-0.25, -0.2) is 0 Å². The number of halogens is 1. The van der Waals surface area contributed by atoms with Gasteiger partial charge in [-0.2, -0.15) is 0 Å². The van der Waals surface area contributed by atoms with Crippen LogP contribution in [0.3, 0.4) is 0 Å². The molecule has 1 aliphatic carbocycles. The monoisotopic (exact) mass is 369 g/mol. The minimum atomic E-state index is -1.76. The van der Waals surface area contributed by atoms with Gasteiger partial charge in [-0.05, 0) is 45.4 Å². The maximum Gasteiger partial charge on any atom is 0.169 e. The summed E-state index contributed by atoms with van der Waals surface area (Å²) in [7, 11) is -1.76. The standard InChI is InChI=1S/C17H28BrNOSi/c1-11(2)21(12(3)4,13(5)6)19-10-14(18)17-15(19)8-7-9-16(17)20/h10-13H,7-9H2,1-6H3. The van der Waals surface area contributed by atoms with Crippen molar-refractivity contribution >= 4 is 29.9 Å². The number of hydrogen-bond acceptors (Lipinski definition) is 1. The Morgan fingerprint density at radius 3 is 2.05 bits per heavy atom. The van der Waals surface area contributed by atoms with Crippen molar-refractivity contribution in [2.75, 3.05) is 0 Å². The van der Waals surface area contributed by atoms with Crippen molar-refractivity contribution in [3.63, 3.8) is 0 Å². The van der Waals surface area contributed by atoms with Crippen molar-refractivity contribution in [2.45, 2.75) is 77.4 Å². The number of fused-ring (bicyclic) bond motifs is 1. The lowest BCUT2D eigenvalue weighted by Crippen LogP contribution is -2.52. The van der Waals surface area contributed by atoms with Crippen LogP contribution in [0.2, 0.25) is 16.6 Å². The first kappa shape index (κ1) is 17.0. The fourth-order valence-corrected chi connectivity index (χ4v) is 12.3. The first-order valence-electron chi connectivity index (χ1n) is 8.17. The van der Waals surface area contributed by atoms with E-state index in [4.69, 9.17) is 0 Å². The number of carbonyl (C=O) groups excluding carboxylic acids is 1. The zero-order chi connectivity index (χ0) is 15.9. The number of Topliss-reactive ketones (excluding diaryl/α,β-unsaturated/α-hetero) is 1. The van der Waals surface area contributed by atoms with Crippen molar-refractivity contribution in [3.8, 4) is 0 Å². The molecule has 4 heteroatoms. The molecule has 1 aliphatic rings. The molecule has 0 amide bonds. The lowest BCUT2D eigenvalue weighted by atomic mass is 9.97. The van der Waals surface area contributed by atoms with E-state index in [9.17, 15) is 4.79 Å². The van der Waals surface area contributed by atoms with E-state index in [0.29, 0.717) is 28.8 Å². The van der Waals surface area contributed by atoms with Crippen LogP contribution in [0.4, 0.5) is 0 Å². The van der Waals surface area contributed by atoms with Crippen LogP contribution in [-0.4, -0.2) is 18.3 Å². The van der Waals surface area contributed by atoms with E-state index in [1.807, 2.05) is 0 Å². The highest BCUT2D eigenvalue weighted by atomic mass is 79.9. The molecule has 1 heterocycles. The van der Waals surface area contributed by atoms with Crippen LogP contribution in [0.25, 0.3) is 0 Å². The Labute approximate surface area is 138 Å². The third kappa shape index (κ3) is 2.48. The minimum Gasteiger partial charge on any atom is -0.375 e. The van der Waals surface area contributed by atoms with Gasteiger partial charge in [0.25, 0.3) is 0 Å². The summed E-state index contributed by atoms with van der Waals surface area (Å²) in [6, 6.07) is 0. The van der Waals surface area contributed by atoms with E-state index < -0.39 is 8.24 Å². The fourth-order valence-electron chi connectivity index (χ4n) is 4.78. The maximum absolute atomic E-state index is 12.3. The van der Waals surface area contributed by atoms with E-state index in [2.05, 4.69) is 67.9 Å². The molecule has 0 aromatic carbocycles. The second-order valence-electron chi connectivity index (χ2n) is 7.30. The normalized spacial score (nSPS) is 16.2. The molecule has 21 heavy (non-hydrogen) atoms. The topological polar surface area (TPSA) is 22.0 Å². The summed E-state index contributed by atoms with van der Waals surface area (Å²) in [4.78, 5) is 12.3. The molecule has 0 radical (unpaired) electrons. The van der Waals surface area contributed by atoms with Crippen LogP contribution >= 0.6 is 15.9 Å². The number of aromatic nitrogens is 1. The van der Waals surface area contributed by atoms with Crippen LogP contribution in [0.5, 0.6) is 0 Å². The smallest absolute Gasteiger partial charge is 0.169 e. The van der Waals surface area contributed by atoms with E-state index in [-0.39, 0.29) is 0 Å². The third-order valence-electron chi connectivity index (χ3n) is 5.35. The molecule has 2 nitrogen and oxygen atoms in total. The summed E-state index contributed by atoms with van der Waals surface area (Å²) >= 11 is 3.66. The second-order valence-corrected chi connectivity index (χ2v) is 13.9. The molecule has 1 aromatic heterocycles. The van der Waals surface area contributed by atoms with E-state index in [1.165, 1.54) is 5.69 Å². The Hall–Kier alpha value is -0.353. The molecule has 0 atom stereocenters. The predicted molar refractivity (Wildman–Crippen MR) is 95.8 cm³/mol. The SMILES string of the molecule is CC(C)[Si](C(C)C)(C(C)C)n1cc(Br)c2c1CCCC2=O. The van der Waals surface area contributed by atoms with Crippen LogP contribution < -0.4 is 0 Å². The van der Waals surface area contributed by atoms with Gasteiger partial charge in [0, 0.05) is 22.8 Å². The van der Waals surface area contributed by atoms with Crippen LogP contribution in [0.15, 0.2) is 10.7 Å². The number of ketones is 1. The van der Waals surface area contributed by atoms with Gasteiger partial charge in [-0.1, -0.05) is 41.5 Å². The summed E-state index contributed by atoms with van der Waals surface area (Å²) in [6.07, 6.45) is 4.99. The number of rotatable bonds is 4. The number of nitrogens with zero attached hydrogens (tertiary/aromatic N) is 1. The Kier molecular flexibility index (Phi) is 4.89. The molecule has 0 unspecified atom stereocenters. The van der Waals surface area contributed by atoms with Gasteiger partial charge in [-0.15, -0.1) is 0 Å². The summed E-state index contributed by atoms with van der Waals surface area (Å²) in [6.45, 7) is 14.2. The lowest BCUT2D eigenvalue weighted by molar-refractivity contribution is 0.0971. The van der Waals surface area contributed by atoms with E-state index in [1.54, 1.807) is 0 Å². The first-order chi connectivity index (χ1) is 9.74. The van der Waals surface area contributed by atoms with Crippen molar-refractivity contribution in [2.24, 2.45) is 0 Å². The van der Waals surface area contributed by atoms with Gasteiger partial charge in [0.15, 0.2) is 14.0 Å². The Morgan fingerprint density at radius 2 is 1.57 bits per heavy atom. The van der Waals surface area contributed by atoms with Gasteiger partial charge in [0.1, 0.15) is 0 Å². The van der Waals surface area contributed by atoms with Crippen molar-refractivity contribution in [1.29, 1.82) is 0 Å². The summed E-state index contributed by atoms with van der Waals surface area (Å²) < 4.78 is 3.60. The molecule has 0 saturated heterocycles. The average Bonchev–Trinajstić information content (AvgIpc) is 2.68. The molecule has 118 valence electrons. The van der Waals surface area contributed by atoms with Crippen molar-refractivity contribution in [1.82, 2.24) is 4.23 Å². The van der Waals surface area contributed by atoms with E-state index >= 15 is 0 Å². The van der Waals surface area contributed by atoms with Crippen LogP contribution in [0, 0.1) is 0 Å². The quantitative estimate of drug-likeness (QED) is 0.615. The highest BCUT2D eigenvalue weighted by Crippen LogP contribution is 2.45. The summed E-state index contributed by atoms with van der Waals surface area (Å²) in [5.41, 5.74) is 4.23. The van der Waals surface area contributed by atoms with Gasteiger partial charge in [0.05, 0.1) is 5.56 Å². The third-order valence-corrected chi connectivity index (χ3v) is 12.7. The number of hydrogen-bond donors (Lipinski definition) is 0. The Balaban J connectivity index is 2.73. The van der Waals surface area contributed by atoms with Crippen molar-refractivity contribution in [3.05, 3.63) is 21.9 Å². The molecule has 0 spiro atoms. The summed E-state index contributed by atoms with van der Waals surface area (Å²) in [5.74, 6) is 0.320. The zero-order valence-electron chi connectivity index (χ0n) is 14.2. The summed E-state index contributed by atoms with van der Waals surface area (Å²) in [5, 5.41) is 0. The maximum atomic E-state index is 12.3. The minimum absolute atomic E-state index is 0.320. The molecular weight excluding hydrogens is 342 g/mol. The molecule has 0 bridgehead atoms. The molecule has 2 rings (SSSR count). The van der Waals surface area contributed by atoms with Gasteiger partial charge < -0.3 is 4.23 Å². The van der Waals surface area contributed by atoms with Crippen molar-refractivity contribution < 1.29 is 4.79 Å². The zero-order valence-corrected chi connectivity index (χ0v) is 16.8. The van der Waals surface area contributed by atoms with Crippen LogP contribution in [-0.2, 0) is 6.42 Å². The molecule has 0 N–H and O–H groups in total. The first-order valence-corrected chi connectivity index (χ1v) is 11.1. The largest absolute Gasteiger partial charge is 0.375 e. The molecule has 1 aromatic rings. The Morgan fingerprint density at radius 1 is 1.05 bits per heavy atom. The average molecular weight is 370 g/mol. The molecular formula is C17H28BrNOSi. The predicted octanol–water partition coefficient (Wildman–Crippen LogP) is 5.79.